The van der Waals surface area contributed by atoms with Crippen LogP contribution in [-0.2, 0) is 19.6 Å². The van der Waals surface area contributed by atoms with Crippen molar-refractivity contribution >= 4 is 23.3 Å². The molecule has 0 spiro atoms. The van der Waals surface area contributed by atoms with Gasteiger partial charge in [0.15, 0.2) is 0 Å². The molecule has 148 valence electrons. The molecule has 0 bridgehead atoms. The monoisotopic (exact) mass is 408 g/mol. The molecule has 1 heterocycles. The Hall–Kier alpha value is -3.18. The van der Waals surface area contributed by atoms with Crippen molar-refractivity contribution in [1.29, 1.82) is 0 Å². The lowest BCUT2D eigenvalue weighted by Gasteiger charge is -2.24. The van der Waals surface area contributed by atoms with Crippen LogP contribution in [-0.4, -0.2) is 12.6 Å². The lowest BCUT2D eigenvalue weighted by atomic mass is 10.1. The fourth-order valence-corrected chi connectivity index (χ4v) is 3.60. The lowest BCUT2D eigenvalue weighted by Crippen LogP contribution is -2.35. The van der Waals surface area contributed by atoms with Crippen LogP contribution in [0.3, 0.4) is 0 Å². The molecule has 3 aromatic rings. The first-order valence-corrected chi connectivity index (χ1v) is 9.76. The van der Waals surface area contributed by atoms with E-state index in [1.807, 2.05) is 54.6 Å². The van der Waals surface area contributed by atoms with E-state index in [-0.39, 0.29) is 6.54 Å². The minimum atomic E-state index is -0.567. The lowest BCUT2D eigenvalue weighted by molar-refractivity contribution is 0.253. The van der Waals surface area contributed by atoms with Gasteiger partial charge in [-0.2, -0.15) is 0 Å². The van der Waals surface area contributed by atoms with Crippen molar-refractivity contribution in [3.05, 3.63) is 88.4 Å². The topological polar surface area (TPSA) is 64.8 Å². The summed E-state index contributed by atoms with van der Waals surface area (Å²) in [6.07, 6.45) is 0.818. The summed E-state index contributed by atoms with van der Waals surface area (Å²) in [4.78, 5) is 13.8. The van der Waals surface area contributed by atoms with Gasteiger partial charge in [0.05, 0.1) is 18.8 Å². The van der Waals surface area contributed by atoms with Crippen molar-refractivity contribution in [3.8, 4) is 11.5 Å². The average molecular weight is 409 g/mol. The average Bonchev–Trinajstić information content (AvgIpc) is 3.21. The number of para-hydroxylation sites is 1. The molecular weight excluding hydrogens is 388 g/mol. The molecule has 0 fully saturated rings. The molecule has 0 aromatic heterocycles. The predicted octanol–water partition coefficient (Wildman–Crippen LogP) is 4.94. The molecule has 29 heavy (non-hydrogen) atoms. The number of ether oxygens (including phenoxy) is 2. The Morgan fingerprint density at radius 3 is 2.72 bits per heavy atom. The largest absolute Gasteiger partial charge is 0.491 e. The van der Waals surface area contributed by atoms with E-state index in [4.69, 9.17) is 26.8 Å². The van der Waals surface area contributed by atoms with E-state index in [9.17, 15) is 4.79 Å². The number of urea groups is 1. The van der Waals surface area contributed by atoms with E-state index in [1.54, 1.807) is 12.1 Å². The maximum absolute atomic E-state index is 12.3. The van der Waals surface area contributed by atoms with E-state index in [1.165, 1.54) is 4.90 Å². The number of halogens is 1. The zero-order valence-electron chi connectivity index (χ0n) is 15.8. The highest BCUT2D eigenvalue weighted by Crippen LogP contribution is 2.37. The van der Waals surface area contributed by atoms with Crippen molar-refractivity contribution in [2.24, 2.45) is 5.73 Å². The Balaban J connectivity index is 1.62. The fraction of sp³-hybridized carbons (Fsp3) is 0.174. The second-order valence-corrected chi connectivity index (χ2v) is 7.25. The Labute approximate surface area is 174 Å². The third kappa shape index (κ3) is 4.30. The molecule has 0 unspecified atom stereocenters. The number of benzene rings is 3. The fourth-order valence-electron chi connectivity index (χ4n) is 3.41. The summed E-state index contributed by atoms with van der Waals surface area (Å²) in [5.74, 6) is 1.36. The summed E-state index contributed by atoms with van der Waals surface area (Å²) in [6.45, 7) is 1.23. The van der Waals surface area contributed by atoms with Gasteiger partial charge in [0.2, 0.25) is 0 Å². The number of anilines is 1. The smallest absolute Gasteiger partial charge is 0.319 e. The minimum Gasteiger partial charge on any atom is -0.491 e. The van der Waals surface area contributed by atoms with Crippen molar-refractivity contribution in [3.63, 3.8) is 0 Å². The minimum absolute atomic E-state index is 0.222. The third-order valence-corrected chi connectivity index (χ3v) is 5.07. The van der Waals surface area contributed by atoms with E-state index in [0.29, 0.717) is 35.4 Å². The summed E-state index contributed by atoms with van der Waals surface area (Å²) in [6, 6.07) is 20.4. The molecule has 2 amide bonds. The van der Waals surface area contributed by atoms with Crippen molar-refractivity contribution in [2.75, 3.05) is 11.5 Å². The molecular formula is C23H21ClN2O3. The van der Waals surface area contributed by atoms with Gasteiger partial charge < -0.3 is 15.2 Å². The number of primary amides is 1. The van der Waals surface area contributed by atoms with Gasteiger partial charge >= 0.3 is 6.03 Å². The van der Waals surface area contributed by atoms with Crippen LogP contribution in [0.15, 0.2) is 66.7 Å². The highest BCUT2D eigenvalue weighted by Gasteiger charge is 2.24. The standard InChI is InChI=1S/C23H21ClN2O3/c24-19-9-10-21(29-15-16-5-2-1-3-6-16)18(13-19)14-26(23(25)27)20-8-4-7-17-11-12-28-22(17)20/h1-10,13H,11-12,14-15H2,(H2,25,27). The van der Waals surface area contributed by atoms with Crippen LogP contribution in [0.2, 0.25) is 5.02 Å². The number of nitrogens with two attached hydrogens (primary N) is 1. The highest BCUT2D eigenvalue weighted by molar-refractivity contribution is 6.30. The first-order chi connectivity index (χ1) is 14.1. The Morgan fingerprint density at radius 1 is 1.10 bits per heavy atom. The number of hydrogen-bond acceptors (Lipinski definition) is 3. The summed E-state index contributed by atoms with van der Waals surface area (Å²) >= 11 is 6.22. The van der Waals surface area contributed by atoms with E-state index in [0.717, 1.165) is 23.1 Å². The normalized spacial score (nSPS) is 12.2. The molecule has 6 heteroatoms. The number of amides is 2. The summed E-state index contributed by atoms with van der Waals surface area (Å²) in [5, 5.41) is 0.561. The van der Waals surface area contributed by atoms with Gasteiger partial charge in [-0.25, -0.2) is 4.79 Å². The molecule has 3 aromatic carbocycles. The maximum Gasteiger partial charge on any atom is 0.319 e. The van der Waals surface area contributed by atoms with Crippen molar-refractivity contribution in [2.45, 2.75) is 19.6 Å². The SMILES string of the molecule is NC(=O)N(Cc1cc(Cl)ccc1OCc1ccccc1)c1cccc2c1OCC2. The number of rotatable bonds is 6. The van der Waals surface area contributed by atoms with Crippen LogP contribution in [0.1, 0.15) is 16.7 Å². The van der Waals surface area contributed by atoms with Gasteiger partial charge in [0.1, 0.15) is 18.1 Å². The number of fused-ring (bicyclic) bond motifs is 1. The molecule has 0 atom stereocenters. The predicted molar refractivity (Wildman–Crippen MR) is 114 cm³/mol. The molecule has 1 aliphatic heterocycles. The first kappa shape index (κ1) is 19.2. The molecule has 2 N–H and O–H groups in total. The number of carbonyl (C=O) groups is 1. The molecule has 0 saturated heterocycles. The number of nitrogens with zero attached hydrogens (tertiary/aromatic N) is 1. The Bertz CT molecular complexity index is 1020. The zero-order valence-corrected chi connectivity index (χ0v) is 16.6. The van der Waals surface area contributed by atoms with Gasteiger partial charge in [-0.3, -0.25) is 4.90 Å². The van der Waals surface area contributed by atoms with E-state index < -0.39 is 6.03 Å². The highest BCUT2D eigenvalue weighted by atomic mass is 35.5. The second-order valence-electron chi connectivity index (χ2n) is 6.81. The molecule has 0 radical (unpaired) electrons. The number of carbonyl (C=O) groups excluding carboxylic acids is 1. The van der Waals surface area contributed by atoms with Crippen LogP contribution in [0.5, 0.6) is 11.5 Å². The maximum atomic E-state index is 12.3. The summed E-state index contributed by atoms with van der Waals surface area (Å²) in [7, 11) is 0. The Morgan fingerprint density at radius 2 is 1.93 bits per heavy atom. The first-order valence-electron chi connectivity index (χ1n) is 9.38. The van der Waals surface area contributed by atoms with Crippen molar-refractivity contribution in [1.82, 2.24) is 0 Å². The second kappa shape index (κ2) is 8.45. The van der Waals surface area contributed by atoms with E-state index >= 15 is 0 Å². The molecule has 4 rings (SSSR count). The van der Waals surface area contributed by atoms with Gasteiger partial charge in [-0.1, -0.05) is 54.1 Å². The van der Waals surface area contributed by atoms with Crippen LogP contribution >= 0.6 is 11.6 Å². The van der Waals surface area contributed by atoms with Crippen LogP contribution in [0.4, 0.5) is 10.5 Å². The molecule has 1 aliphatic rings. The van der Waals surface area contributed by atoms with Crippen LogP contribution in [0.25, 0.3) is 0 Å². The quantitative estimate of drug-likeness (QED) is 0.628. The molecule has 0 saturated carbocycles. The van der Waals surface area contributed by atoms with Crippen LogP contribution in [0, 0.1) is 0 Å². The summed E-state index contributed by atoms with van der Waals surface area (Å²) in [5.41, 5.74) is 9.26. The summed E-state index contributed by atoms with van der Waals surface area (Å²) < 4.78 is 11.8. The van der Waals surface area contributed by atoms with Gasteiger partial charge in [0, 0.05) is 17.0 Å². The van der Waals surface area contributed by atoms with E-state index in [2.05, 4.69) is 0 Å². The molecule has 0 aliphatic carbocycles. The third-order valence-electron chi connectivity index (χ3n) is 4.84. The van der Waals surface area contributed by atoms with Gasteiger partial charge in [-0.15, -0.1) is 0 Å². The van der Waals surface area contributed by atoms with Crippen LogP contribution < -0.4 is 20.1 Å². The molecule has 5 nitrogen and oxygen atoms in total. The number of hydrogen-bond donors (Lipinski definition) is 1. The van der Waals surface area contributed by atoms with Gasteiger partial charge in [0.25, 0.3) is 0 Å². The zero-order chi connectivity index (χ0) is 20.2. The Kier molecular flexibility index (Phi) is 5.58. The van der Waals surface area contributed by atoms with Crippen molar-refractivity contribution < 1.29 is 14.3 Å². The van der Waals surface area contributed by atoms with Gasteiger partial charge in [-0.05, 0) is 35.4 Å².